The summed E-state index contributed by atoms with van der Waals surface area (Å²) in [5.74, 6) is -2.01. The number of nitrogens with zero attached hydrogens (tertiary/aromatic N) is 1. The minimum absolute atomic E-state index is 0.280. The van der Waals surface area contributed by atoms with E-state index in [0.29, 0.717) is 11.9 Å². The highest BCUT2D eigenvalue weighted by Gasteiger charge is 2.18. The van der Waals surface area contributed by atoms with Gasteiger partial charge in [0.15, 0.2) is 0 Å². The summed E-state index contributed by atoms with van der Waals surface area (Å²) < 4.78 is 26.5. The third-order valence-electron chi connectivity index (χ3n) is 2.61. The first-order chi connectivity index (χ1) is 8.99. The van der Waals surface area contributed by atoms with Crippen molar-refractivity contribution in [2.45, 2.75) is 13.0 Å². The normalized spacial score (nSPS) is 12.2. The van der Waals surface area contributed by atoms with Gasteiger partial charge in [-0.15, -0.1) is 0 Å². The molecule has 0 aliphatic heterocycles. The van der Waals surface area contributed by atoms with Crippen LogP contribution < -0.4 is 11.1 Å². The number of nitrogen functional groups attached to an aromatic ring is 1. The molecule has 0 spiro atoms. The van der Waals surface area contributed by atoms with Crippen LogP contribution in [0, 0.1) is 11.6 Å². The predicted octanol–water partition coefficient (Wildman–Crippen LogP) is 1.76. The van der Waals surface area contributed by atoms with E-state index in [1.165, 1.54) is 6.20 Å². The lowest BCUT2D eigenvalue weighted by atomic mass is 10.1. The fraction of sp³-hybridized carbons (Fsp3) is 0.167. The summed E-state index contributed by atoms with van der Waals surface area (Å²) in [6.07, 6.45) is 3.14. The van der Waals surface area contributed by atoms with Crippen LogP contribution in [0.2, 0.25) is 0 Å². The maximum Gasteiger partial charge on any atom is 0.254 e. The molecule has 2 aromatic rings. The number of H-pyrrole nitrogens is 1. The smallest absolute Gasteiger partial charge is 0.254 e. The zero-order valence-electron chi connectivity index (χ0n) is 10.1. The molecule has 2 rings (SSSR count). The number of nitrogens with one attached hydrogen (secondary N) is 2. The number of aromatic nitrogens is 2. The van der Waals surface area contributed by atoms with Crippen LogP contribution in [0.4, 0.5) is 14.5 Å². The Labute approximate surface area is 107 Å². The van der Waals surface area contributed by atoms with Crippen molar-refractivity contribution in [3.63, 3.8) is 0 Å². The van der Waals surface area contributed by atoms with Crippen molar-refractivity contribution in [3.8, 4) is 0 Å². The van der Waals surface area contributed by atoms with Gasteiger partial charge in [0.2, 0.25) is 0 Å². The van der Waals surface area contributed by atoms with Gasteiger partial charge in [0.05, 0.1) is 17.3 Å². The van der Waals surface area contributed by atoms with E-state index in [1.54, 1.807) is 13.1 Å². The summed E-state index contributed by atoms with van der Waals surface area (Å²) in [5.41, 5.74) is 4.72. The molecule has 5 nitrogen and oxygen atoms in total. The third kappa shape index (κ3) is 2.70. The molecule has 7 heteroatoms. The van der Waals surface area contributed by atoms with Crippen molar-refractivity contribution in [2.75, 3.05) is 5.73 Å². The molecule has 1 heterocycles. The lowest BCUT2D eigenvalue weighted by molar-refractivity contribution is 0.0934. The minimum Gasteiger partial charge on any atom is -0.396 e. The molecule has 1 aromatic carbocycles. The lowest BCUT2D eigenvalue weighted by Crippen LogP contribution is -2.28. The Morgan fingerprint density at radius 2 is 2.16 bits per heavy atom. The monoisotopic (exact) mass is 266 g/mol. The summed E-state index contributed by atoms with van der Waals surface area (Å²) in [7, 11) is 0. The lowest BCUT2D eigenvalue weighted by Gasteiger charge is -2.12. The average Bonchev–Trinajstić information content (AvgIpc) is 2.87. The van der Waals surface area contributed by atoms with Gasteiger partial charge >= 0.3 is 0 Å². The molecule has 0 aliphatic carbocycles. The van der Waals surface area contributed by atoms with Crippen molar-refractivity contribution < 1.29 is 13.6 Å². The van der Waals surface area contributed by atoms with Gasteiger partial charge in [-0.2, -0.15) is 0 Å². The first-order valence-electron chi connectivity index (χ1n) is 5.53. The van der Waals surface area contributed by atoms with Gasteiger partial charge in [0.25, 0.3) is 5.91 Å². The molecule has 1 unspecified atom stereocenters. The molecular weight excluding hydrogens is 254 g/mol. The number of halogens is 2. The highest BCUT2D eigenvalue weighted by molar-refractivity contribution is 5.95. The number of aromatic amines is 1. The van der Waals surface area contributed by atoms with Crippen molar-refractivity contribution >= 4 is 11.6 Å². The minimum atomic E-state index is -0.962. The van der Waals surface area contributed by atoms with Gasteiger partial charge in [-0.05, 0) is 13.0 Å². The van der Waals surface area contributed by atoms with E-state index in [1.807, 2.05) is 0 Å². The second-order valence-corrected chi connectivity index (χ2v) is 4.02. The number of imidazole rings is 1. The quantitative estimate of drug-likeness (QED) is 0.740. The molecule has 0 saturated heterocycles. The van der Waals surface area contributed by atoms with Gasteiger partial charge in [-0.25, -0.2) is 13.8 Å². The number of benzene rings is 1. The second-order valence-electron chi connectivity index (χ2n) is 4.02. The van der Waals surface area contributed by atoms with E-state index >= 15 is 0 Å². The number of amides is 1. The largest absolute Gasteiger partial charge is 0.396 e. The van der Waals surface area contributed by atoms with Crippen LogP contribution >= 0.6 is 0 Å². The van der Waals surface area contributed by atoms with E-state index in [2.05, 4.69) is 15.3 Å². The van der Waals surface area contributed by atoms with Gasteiger partial charge < -0.3 is 16.0 Å². The molecule has 0 fully saturated rings. The Morgan fingerprint density at radius 1 is 1.42 bits per heavy atom. The van der Waals surface area contributed by atoms with E-state index in [0.717, 1.165) is 6.07 Å². The number of anilines is 1. The number of rotatable bonds is 3. The average molecular weight is 266 g/mol. The Morgan fingerprint density at radius 3 is 2.79 bits per heavy atom. The van der Waals surface area contributed by atoms with Crippen molar-refractivity contribution in [3.05, 3.63) is 47.5 Å². The Kier molecular flexibility index (Phi) is 3.46. The van der Waals surface area contributed by atoms with Gasteiger partial charge in [-0.1, -0.05) is 0 Å². The highest BCUT2D eigenvalue weighted by atomic mass is 19.1. The molecule has 1 amide bonds. The molecule has 0 saturated carbocycles. The molecule has 0 radical (unpaired) electrons. The summed E-state index contributed by atoms with van der Waals surface area (Å²) in [6, 6.07) is 1.12. The summed E-state index contributed by atoms with van der Waals surface area (Å²) >= 11 is 0. The fourth-order valence-corrected chi connectivity index (χ4v) is 1.60. The van der Waals surface area contributed by atoms with Crippen LogP contribution in [-0.2, 0) is 0 Å². The highest BCUT2D eigenvalue weighted by Crippen LogP contribution is 2.17. The first kappa shape index (κ1) is 13.0. The first-order valence-corrected chi connectivity index (χ1v) is 5.53. The van der Waals surface area contributed by atoms with E-state index in [9.17, 15) is 13.6 Å². The maximum atomic E-state index is 13.5. The van der Waals surface area contributed by atoms with Crippen molar-refractivity contribution in [2.24, 2.45) is 0 Å². The predicted molar refractivity (Wildman–Crippen MR) is 65.2 cm³/mol. The van der Waals surface area contributed by atoms with E-state index in [-0.39, 0.29) is 11.3 Å². The molecule has 1 atom stereocenters. The Bertz CT molecular complexity index is 598. The number of hydrogen-bond acceptors (Lipinski definition) is 3. The summed E-state index contributed by atoms with van der Waals surface area (Å²) in [4.78, 5) is 18.7. The number of nitrogens with two attached hydrogens (primary N) is 1. The Hall–Kier alpha value is -2.44. The molecule has 100 valence electrons. The number of carbonyl (C=O) groups excluding carboxylic acids is 1. The molecule has 0 bridgehead atoms. The van der Waals surface area contributed by atoms with E-state index < -0.39 is 23.6 Å². The molecule has 0 aliphatic rings. The molecule has 19 heavy (non-hydrogen) atoms. The van der Waals surface area contributed by atoms with Gasteiger partial charge in [-0.3, -0.25) is 4.79 Å². The van der Waals surface area contributed by atoms with Crippen molar-refractivity contribution in [1.82, 2.24) is 15.3 Å². The summed E-state index contributed by atoms with van der Waals surface area (Å²) in [5, 5.41) is 2.54. The zero-order valence-corrected chi connectivity index (χ0v) is 10.1. The van der Waals surface area contributed by atoms with Crippen LogP contribution in [-0.4, -0.2) is 15.9 Å². The number of hydrogen-bond donors (Lipinski definition) is 3. The molecular formula is C12H12F2N4O. The maximum absolute atomic E-state index is 13.5. The van der Waals surface area contributed by atoms with Crippen LogP contribution in [0.15, 0.2) is 24.5 Å². The molecule has 1 aromatic heterocycles. The van der Waals surface area contributed by atoms with Crippen LogP contribution in [0.1, 0.15) is 29.1 Å². The fourth-order valence-electron chi connectivity index (χ4n) is 1.60. The summed E-state index contributed by atoms with van der Waals surface area (Å²) in [6.45, 7) is 1.68. The second kappa shape index (κ2) is 5.05. The van der Waals surface area contributed by atoms with Crippen molar-refractivity contribution in [1.29, 1.82) is 0 Å². The third-order valence-corrected chi connectivity index (χ3v) is 2.61. The van der Waals surface area contributed by atoms with Crippen LogP contribution in [0.25, 0.3) is 0 Å². The van der Waals surface area contributed by atoms with Crippen LogP contribution in [0.3, 0.4) is 0 Å². The SMILES string of the molecule is CC(NC(=O)c1cc(N)c(F)cc1F)c1ncc[nH]1. The Balaban J connectivity index is 2.19. The zero-order chi connectivity index (χ0) is 14.0. The number of carbonyl (C=O) groups is 1. The van der Waals surface area contributed by atoms with E-state index in [4.69, 9.17) is 5.73 Å². The topological polar surface area (TPSA) is 83.8 Å². The van der Waals surface area contributed by atoms with Crippen LogP contribution in [0.5, 0.6) is 0 Å². The standard InChI is InChI=1S/C12H12F2N4O/c1-6(11-16-2-3-17-11)18-12(19)7-4-10(15)9(14)5-8(7)13/h2-6H,15H2,1H3,(H,16,17)(H,18,19). The van der Waals surface area contributed by atoms with Gasteiger partial charge in [0.1, 0.15) is 17.5 Å². The molecule has 4 N–H and O–H groups in total. The van der Waals surface area contributed by atoms with Gasteiger partial charge in [0, 0.05) is 18.5 Å².